The summed E-state index contributed by atoms with van der Waals surface area (Å²) in [7, 11) is 2.63. The molecule has 2 atom stereocenters. The minimum atomic E-state index is -0.842. The molecule has 2 aliphatic heterocycles. The summed E-state index contributed by atoms with van der Waals surface area (Å²) in [5.74, 6) is -1.04. The van der Waals surface area contributed by atoms with Gasteiger partial charge in [-0.2, -0.15) is 0 Å². The van der Waals surface area contributed by atoms with E-state index in [9.17, 15) is 9.59 Å². The van der Waals surface area contributed by atoms with Crippen LogP contribution in [-0.4, -0.2) is 37.9 Å². The van der Waals surface area contributed by atoms with E-state index in [-0.39, 0.29) is 0 Å². The molecule has 0 amide bonds. The summed E-state index contributed by atoms with van der Waals surface area (Å²) in [5.41, 5.74) is 0.865. The Labute approximate surface area is 151 Å². The molecular weight excluding hydrogens is 332 g/mol. The standard InChI is InChI=1S/C21H20O5/c1-24-19(22)17-16-10-11-21(26-16,18(17)20(23)25-2)12-14-8-5-7-13-6-3-4-9-15(13)14/h3-9,16H,10-12H2,1-2H3. The molecule has 4 rings (SSSR count). The second-order valence-electron chi connectivity index (χ2n) is 6.73. The van der Waals surface area contributed by atoms with E-state index in [4.69, 9.17) is 14.2 Å². The van der Waals surface area contributed by atoms with Crippen LogP contribution in [0, 0.1) is 0 Å². The SMILES string of the molecule is COC(=O)C1=C(C(=O)OC)C2(Cc3cccc4ccccc34)CCC1O2. The Hall–Kier alpha value is -2.66. The van der Waals surface area contributed by atoms with Gasteiger partial charge in [-0.05, 0) is 29.2 Å². The van der Waals surface area contributed by atoms with Gasteiger partial charge in [0.1, 0.15) is 5.60 Å². The molecule has 2 bridgehead atoms. The zero-order chi connectivity index (χ0) is 18.3. The van der Waals surface area contributed by atoms with Crippen molar-refractivity contribution in [3.05, 3.63) is 59.2 Å². The molecule has 0 aromatic heterocycles. The first-order valence-electron chi connectivity index (χ1n) is 8.65. The number of methoxy groups -OCH3 is 2. The van der Waals surface area contributed by atoms with E-state index in [1.165, 1.54) is 14.2 Å². The summed E-state index contributed by atoms with van der Waals surface area (Å²) in [6.45, 7) is 0. The van der Waals surface area contributed by atoms with Crippen molar-refractivity contribution in [2.75, 3.05) is 14.2 Å². The van der Waals surface area contributed by atoms with Gasteiger partial charge >= 0.3 is 11.9 Å². The van der Waals surface area contributed by atoms with Crippen LogP contribution in [0.4, 0.5) is 0 Å². The minimum absolute atomic E-state index is 0.311. The first kappa shape index (κ1) is 16.8. The topological polar surface area (TPSA) is 61.8 Å². The largest absolute Gasteiger partial charge is 0.466 e. The van der Waals surface area contributed by atoms with Gasteiger partial charge in [0.25, 0.3) is 0 Å². The summed E-state index contributed by atoms with van der Waals surface area (Å²) in [4.78, 5) is 24.8. The first-order chi connectivity index (χ1) is 12.6. The number of hydrogen-bond acceptors (Lipinski definition) is 5. The Morgan fingerprint density at radius 3 is 2.58 bits per heavy atom. The van der Waals surface area contributed by atoms with Gasteiger partial charge in [0.15, 0.2) is 0 Å². The van der Waals surface area contributed by atoms with Crippen LogP contribution < -0.4 is 0 Å². The molecule has 1 fully saturated rings. The van der Waals surface area contributed by atoms with Crippen molar-refractivity contribution < 1.29 is 23.8 Å². The molecule has 0 aliphatic carbocycles. The summed E-state index contributed by atoms with van der Waals surface area (Å²) in [6, 6.07) is 14.2. The average Bonchev–Trinajstić information content (AvgIpc) is 3.23. The molecule has 0 saturated carbocycles. The van der Waals surface area contributed by atoms with Crippen molar-refractivity contribution in [1.82, 2.24) is 0 Å². The molecule has 5 heteroatoms. The zero-order valence-electron chi connectivity index (χ0n) is 14.8. The molecular formula is C21H20O5. The van der Waals surface area contributed by atoms with Gasteiger partial charge in [-0.3, -0.25) is 0 Å². The van der Waals surface area contributed by atoms with E-state index < -0.39 is 23.6 Å². The van der Waals surface area contributed by atoms with Crippen LogP contribution in [0.5, 0.6) is 0 Å². The monoisotopic (exact) mass is 352 g/mol. The van der Waals surface area contributed by atoms with E-state index in [0.29, 0.717) is 30.4 Å². The molecule has 2 aromatic rings. The van der Waals surface area contributed by atoms with Crippen LogP contribution in [0.1, 0.15) is 18.4 Å². The van der Waals surface area contributed by atoms with Crippen LogP contribution in [-0.2, 0) is 30.2 Å². The van der Waals surface area contributed by atoms with Crippen LogP contribution in [0.2, 0.25) is 0 Å². The minimum Gasteiger partial charge on any atom is -0.466 e. The van der Waals surface area contributed by atoms with E-state index in [1.807, 2.05) is 24.3 Å². The Morgan fingerprint density at radius 2 is 1.81 bits per heavy atom. The molecule has 134 valence electrons. The van der Waals surface area contributed by atoms with Crippen molar-refractivity contribution in [3.63, 3.8) is 0 Å². The van der Waals surface area contributed by atoms with E-state index >= 15 is 0 Å². The fraction of sp³-hybridized carbons (Fsp3) is 0.333. The third kappa shape index (κ3) is 2.42. The van der Waals surface area contributed by atoms with Crippen LogP contribution in [0.15, 0.2) is 53.6 Å². The third-order valence-electron chi connectivity index (χ3n) is 5.38. The Bertz CT molecular complexity index is 924. The van der Waals surface area contributed by atoms with Gasteiger partial charge in [0.2, 0.25) is 0 Å². The van der Waals surface area contributed by atoms with Crippen molar-refractivity contribution in [1.29, 1.82) is 0 Å². The highest BCUT2D eigenvalue weighted by Crippen LogP contribution is 2.50. The van der Waals surface area contributed by atoms with Crippen LogP contribution >= 0.6 is 0 Å². The Kier molecular flexibility index (Phi) is 4.04. The quantitative estimate of drug-likeness (QED) is 0.792. The first-order valence-corrected chi connectivity index (χ1v) is 8.65. The second kappa shape index (κ2) is 6.25. The van der Waals surface area contributed by atoms with Crippen molar-refractivity contribution in [2.24, 2.45) is 0 Å². The van der Waals surface area contributed by atoms with Gasteiger partial charge in [-0.25, -0.2) is 9.59 Å². The van der Waals surface area contributed by atoms with Crippen LogP contribution in [0.25, 0.3) is 10.8 Å². The number of hydrogen-bond donors (Lipinski definition) is 0. The summed E-state index contributed by atoms with van der Waals surface area (Å²) < 4.78 is 16.1. The van der Waals surface area contributed by atoms with Crippen molar-refractivity contribution >= 4 is 22.7 Å². The maximum Gasteiger partial charge on any atom is 0.337 e. The lowest BCUT2D eigenvalue weighted by molar-refractivity contribution is -0.140. The van der Waals surface area contributed by atoms with Gasteiger partial charge in [0.05, 0.1) is 31.5 Å². The highest BCUT2D eigenvalue weighted by molar-refractivity contribution is 6.04. The molecule has 5 nitrogen and oxygen atoms in total. The third-order valence-corrected chi connectivity index (χ3v) is 5.38. The fourth-order valence-electron chi connectivity index (χ4n) is 4.26. The summed E-state index contributed by atoms with van der Waals surface area (Å²) in [6.07, 6.45) is 1.46. The molecule has 26 heavy (non-hydrogen) atoms. The zero-order valence-corrected chi connectivity index (χ0v) is 14.8. The Balaban J connectivity index is 1.83. The highest BCUT2D eigenvalue weighted by Gasteiger charge is 2.57. The van der Waals surface area contributed by atoms with E-state index in [0.717, 1.165) is 16.3 Å². The molecule has 0 radical (unpaired) electrons. The van der Waals surface area contributed by atoms with Crippen molar-refractivity contribution in [3.8, 4) is 0 Å². The van der Waals surface area contributed by atoms with E-state index in [1.54, 1.807) is 0 Å². The summed E-state index contributed by atoms with van der Waals surface area (Å²) in [5, 5.41) is 2.25. The number of fused-ring (bicyclic) bond motifs is 3. The number of rotatable bonds is 4. The predicted octanol–water partition coefficient (Wildman–Crippen LogP) is 2.96. The normalized spacial score (nSPS) is 24.2. The molecule has 2 aliphatic rings. The number of carbonyl (C=O) groups excluding carboxylic acids is 2. The van der Waals surface area contributed by atoms with Gasteiger partial charge in [-0.15, -0.1) is 0 Å². The lowest BCUT2D eigenvalue weighted by Crippen LogP contribution is -2.36. The fourth-order valence-corrected chi connectivity index (χ4v) is 4.26. The maximum absolute atomic E-state index is 12.5. The number of ether oxygens (including phenoxy) is 3. The molecule has 2 unspecified atom stereocenters. The maximum atomic E-state index is 12.5. The van der Waals surface area contributed by atoms with Crippen LogP contribution in [0.3, 0.4) is 0 Å². The number of carbonyl (C=O) groups is 2. The predicted molar refractivity (Wildman–Crippen MR) is 95.5 cm³/mol. The van der Waals surface area contributed by atoms with Crippen molar-refractivity contribution in [2.45, 2.75) is 31.0 Å². The highest BCUT2D eigenvalue weighted by atomic mass is 16.6. The lowest BCUT2D eigenvalue weighted by Gasteiger charge is -2.28. The molecule has 0 spiro atoms. The smallest absolute Gasteiger partial charge is 0.337 e. The van der Waals surface area contributed by atoms with Gasteiger partial charge in [0, 0.05) is 6.42 Å². The molecule has 0 N–H and O–H groups in total. The average molecular weight is 352 g/mol. The summed E-state index contributed by atoms with van der Waals surface area (Å²) >= 11 is 0. The molecule has 2 aromatic carbocycles. The Morgan fingerprint density at radius 1 is 1.08 bits per heavy atom. The molecule has 2 heterocycles. The molecule has 1 saturated heterocycles. The van der Waals surface area contributed by atoms with Gasteiger partial charge < -0.3 is 14.2 Å². The lowest BCUT2D eigenvalue weighted by atomic mass is 9.77. The number of benzene rings is 2. The van der Waals surface area contributed by atoms with E-state index in [2.05, 4.69) is 18.2 Å². The van der Waals surface area contributed by atoms with Gasteiger partial charge in [-0.1, -0.05) is 42.5 Å². The second-order valence-corrected chi connectivity index (χ2v) is 6.73. The number of esters is 2.